The lowest BCUT2D eigenvalue weighted by Gasteiger charge is -2.30. The SMILES string of the molecule is CC1(C)O[C@H]2O[C@H]([C@H]3COC(C)(C)O3)[C@@H](OS(=O)(=O)[C@@H](c3ccccc3)[C@H](O)c3ccc([N+](=O)[O-])cc3)[C@H]2O1. The van der Waals surface area contributed by atoms with Crippen molar-refractivity contribution in [2.24, 2.45) is 0 Å². The fourth-order valence-corrected chi connectivity index (χ4v) is 6.73. The maximum absolute atomic E-state index is 14.0. The molecule has 1 N–H and O–H groups in total. The molecule has 5 rings (SSSR count). The molecular weight excluding hydrogens is 534 g/mol. The summed E-state index contributed by atoms with van der Waals surface area (Å²) in [6, 6.07) is 13.1. The summed E-state index contributed by atoms with van der Waals surface area (Å²) in [6.07, 6.45) is -6.19. The Morgan fingerprint density at radius 3 is 2.21 bits per heavy atom. The summed E-state index contributed by atoms with van der Waals surface area (Å²) in [5, 5.41) is 20.8. The van der Waals surface area contributed by atoms with E-state index in [2.05, 4.69) is 0 Å². The molecular formula is C26H31NO11S. The van der Waals surface area contributed by atoms with Gasteiger partial charge in [-0.25, -0.2) is 0 Å². The molecule has 0 aliphatic carbocycles. The number of benzene rings is 2. The highest BCUT2D eigenvalue weighted by atomic mass is 32.2. The molecule has 0 amide bonds. The average Bonchev–Trinajstić information content (AvgIpc) is 3.48. The van der Waals surface area contributed by atoms with Gasteiger partial charge in [-0.3, -0.25) is 14.3 Å². The molecule has 3 aliphatic heterocycles. The largest absolute Gasteiger partial charge is 0.387 e. The first-order chi connectivity index (χ1) is 18.3. The monoisotopic (exact) mass is 565 g/mol. The van der Waals surface area contributed by atoms with Crippen LogP contribution in [-0.4, -0.2) is 67.3 Å². The minimum absolute atomic E-state index is 0.133. The number of fused-ring (bicyclic) bond motifs is 1. The summed E-state index contributed by atoms with van der Waals surface area (Å²) in [7, 11) is -4.60. The van der Waals surface area contributed by atoms with Gasteiger partial charge in [-0.15, -0.1) is 0 Å². The molecule has 0 aromatic heterocycles. The third kappa shape index (κ3) is 5.72. The summed E-state index contributed by atoms with van der Waals surface area (Å²) < 4.78 is 63.3. The van der Waals surface area contributed by atoms with Crippen LogP contribution in [0.2, 0.25) is 0 Å². The van der Waals surface area contributed by atoms with Gasteiger partial charge in [0.1, 0.15) is 35.8 Å². The van der Waals surface area contributed by atoms with Crippen molar-refractivity contribution in [2.45, 2.75) is 81.3 Å². The molecule has 39 heavy (non-hydrogen) atoms. The fraction of sp³-hybridized carbons (Fsp3) is 0.538. The van der Waals surface area contributed by atoms with Crippen LogP contribution >= 0.6 is 0 Å². The van der Waals surface area contributed by atoms with Gasteiger partial charge in [-0.05, 0) is 51.0 Å². The zero-order valence-corrected chi connectivity index (χ0v) is 22.6. The first-order valence-electron chi connectivity index (χ1n) is 12.5. The third-order valence-corrected chi connectivity index (χ3v) is 8.48. The van der Waals surface area contributed by atoms with Crippen molar-refractivity contribution in [3.8, 4) is 0 Å². The number of aliphatic hydroxyl groups excluding tert-OH is 1. The quantitative estimate of drug-likeness (QED) is 0.285. The van der Waals surface area contributed by atoms with E-state index in [1.807, 2.05) is 0 Å². The molecule has 0 saturated carbocycles. The fourth-order valence-electron chi connectivity index (χ4n) is 5.12. The maximum atomic E-state index is 14.0. The van der Waals surface area contributed by atoms with Gasteiger partial charge in [0, 0.05) is 12.1 Å². The highest BCUT2D eigenvalue weighted by Crippen LogP contribution is 2.45. The van der Waals surface area contributed by atoms with Crippen LogP contribution in [0.5, 0.6) is 0 Å². The van der Waals surface area contributed by atoms with Crippen LogP contribution in [0, 0.1) is 10.1 Å². The zero-order chi connectivity index (χ0) is 28.2. The molecule has 0 radical (unpaired) electrons. The summed E-state index contributed by atoms with van der Waals surface area (Å²) in [5.41, 5.74) is 0.233. The van der Waals surface area contributed by atoms with Crippen molar-refractivity contribution in [2.75, 3.05) is 6.61 Å². The second-order valence-electron chi connectivity index (χ2n) is 10.6. The van der Waals surface area contributed by atoms with Crippen LogP contribution in [0.25, 0.3) is 0 Å². The van der Waals surface area contributed by atoms with E-state index in [0.717, 1.165) is 0 Å². The molecule has 0 spiro atoms. The van der Waals surface area contributed by atoms with E-state index in [1.165, 1.54) is 24.3 Å². The zero-order valence-electron chi connectivity index (χ0n) is 21.8. The van der Waals surface area contributed by atoms with Gasteiger partial charge < -0.3 is 28.8 Å². The van der Waals surface area contributed by atoms with Crippen LogP contribution in [0.1, 0.15) is 50.2 Å². The molecule has 0 bridgehead atoms. The normalized spacial score (nSPS) is 31.1. The smallest absolute Gasteiger partial charge is 0.277 e. The highest BCUT2D eigenvalue weighted by molar-refractivity contribution is 7.87. The standard InChI is InChI=1S/C26H31NO11S/c1-25(2)33-14-18(35-25)20-21(22-24(34-20)37-26(3,4)36-22)38-39(31,32)23(16-8-6-5-7-9-16)19(28)15-10-12-17(13-11-15)27(29)30/h5-13,18-24,28H,14H2,1-4H3/t18-,19-,20-,21-,22-,23+,24-/m1/s1. The number of rotatable bonds is 8. The Morgan fingerprint density at radius 2 is 1.62 bits per heavy atom. The molecule has 3 fully saturated rings. The van der Waals surface area contributed by atoms with Crippen molar-refractivity contribution in [1.29, 1.82) is 0 Å². The Hall–Kier alpha value is -2.49. The third-order valence-electron chi connectivity index (χ3n) is 6.84. The molecule has 12 nitrogen and oxygen atoms in total. The van der Waals surface area contributed by atoms with E-state index in [1.54, 1.807) is 58.0 Å². The van der Waals surface area contributed by atoms with Gasteiger partial charge in [0.05, 0.1) is 11.5 Å². The lowest BCUT2D eigenvalue weighted by atomic mass is 10.0. The van der Waals surface area contributed by atoms with E-state index < -0.39 is 68.7 Å². The molecule has 3 saturated heterocycles. The van der Waals surface area contributed by atoms with Gasteiger partial charge in [0.25, 0.3) is 15.8 Å². The number of aliphatic hydroxyl groups is 1. The highest BCUT2D eigenvalue weighted by Gasteiger charge is 2.60. The van der Waals surface area contributed by atoms with Crippen LogP contribution in [-0.2, 0) is 38.0 Å². The molecule has 212 valence electrons. The van der Waals surface area contributed by atoms with Gasteiger partial charge in [-0.2, -0.15) is 8.42 Å². The maximum Gasteiger partial charge on any atom is 0.277 e. The number of nitrogens with zero attached hydrogens (tertiary/aromatic N) is 1. The molecule has 7 atom stereocenters. The number of nitro benzene ring substituents is 1. The van der Waals surface area contributed by atoms with Crippen molar-refractivity contribution in [1.82, 2.24) is 0 Å². The van der Waals surface area contributed by atoms with E-state index in [0.29, 0.717) is 0 Å². The lowest BCUT2D eigenvalue weighted by molar-refractivity contribution is -0.384. The number of hydrogen-bond acceptors (Lipinski definition) is 11. The van der Waals surface area contributed by atoms with Crippen molar-refractivity contribution in [3.63, 3.8) is 0 Å². The topological polar surface area (TPSA) is 153 Å². The van der Waals surface area contributed by atoms with Gasteiger partial charge >= 0.3 is 0 Å². The van der Waals surface area contributed by atoms with Crippen molar-refractivity contribution in [3.05, 3.63) is 75.8 Å². The Labute approximate surface area is 226 Å². The molecule has 0 unspecified atom stereocenters. The average molecular weight is 566 g/mol. The number of nitro groups is 1. The van der Waals surface area contributed by atoms with Gasteiger partial charge in [0.15, 0.2) is 17.9 Å². The Bertz CT molecular complexity index is 1300. The Kier molecular flexibility index (Phi) is 7.31. The molecule has 13 heteroatoms. The van der Waals surface area contributed by atoms with E-state index in [9.17, 15) is 23.6 Å². The predicted octanol–water partition coefficient (Wildman–Crippen LogP) is 3.11. The minimum atomic E-state index is -4.60. The summed E-state index contributed by atoms with van der Waals surface area (Å²) in [4.78, 5) is 10.5. The summed E-state index contributed by atoms with van der Waals surface area (Å²) >= 11 is 0. The van der Waals surface area contributed by atoms with Crippen LogP contribution in [0.15, 0.2) is 54.6 Å². The Balaban J connectivity index is 1.49. The van der Waals surface area contributed by atoms with E-state index in [4.69, 9.17) is 27.9 Å². The Morgan fingerprint density at radius 1 is 0.949 bits per heavy atom. The van der Waals surface area contributed by atoms with Crippen LogP contribution in [0.4, 0.5) is 5.69 Å². The molecule has 2 aromatic rings. The summed E-state index contributed by atoms with van der Waals surface area (Å²) in [5.74, 6) is -1.95. The van der Waals surface area contributed by atoms with E-state index in [-0.39, 0.29) is 23.4 Å². The second-order valence-corrected chi connectivity index (χ2v) is 12.3. The minimum Gasteiger partial charge on any atom is -0.387 e. The van der Waals surface area contributed by atoms with Gasteiger partial charge in [0.2, 0.25) is 0 Å². The van der Waals surface area contributed by atoms with Crippen molar-refractivity contribution < 1.29 is 46.3 Å². The van der Waals surface area contributed by atoms with Gasteiger partial charge in [-0.1, -0.05) is 30.3 Å². The second kappa shape index (κ2) is 10.2. The number of ether oxygens (including phenoxy) is 5. The first kappa shape index (κ1) is 28.1. The van der Waals surface area contributed by atoms with Crippen LogP contribution < -0.4 is 0 Å². The molecule has 2 aromatic carbocycles. The van der Waals surface area contributed by atoms with E-state index >= 15 is 0 Å². The molecule has 3 heterocycles. The number of non-ortho nitro benzene ring substituents is 1. The number of hydrogen-bond donors (Lipinski definition) is 1. The first-order valence-corrected chi connectivity index (χ1v) is 14.0. The summed E-state index contributed by atoms with van der Waals surface area (Å²) in [6.45, 7) is 6.96. The predicted molar refractivity (Wildman–Crippen MR) is 135 cm³/mol. The van der Waals surface area contributed by atoms with Crippen molar-refractivity contribution >= 4 is 15.8 Å². The molecule has 3 aliphatic rings. The van der Waals surface area contributed by atoms with Crippen LogP contribution in [0.3, 0.4) is 0 Å². The lowest BCUT2D eigenvalue weighted by Crippen LogP contribution is -2.45.